The first-order valence-electron chi connectivity index (χ1n) is 14.1. The van der Waals surface area contributed by atoms with E-state index in [0.717, 1.165) is 25.4 Å². The molecule has 0 atom stereocenters. The SMILES string of the molecule is CC/C=C\CCOC1CCC(c2ccc(C34CCC(CCCCC)(CC3)CC4)cc2)CC1. The summed E-state index contributed by atoms with van der Waals surface area (Å²) in [6.45, 7) is 5.42. The molecule has 1 aromatic rings. The number of benzene rings is 1. The summed E-state index contributed by atoms with van der Waals surface area (Å²) in [6, 6.07) is 10.0. The second kappa shape index (κ2) is 11.4. The molecule has 0 radical (unpaired) electrons. The lowest BCUT2D eigenvalue weighted by atomic mass is 9.51. The summed E-state index contributed by atoms with van der Waals surface area (Å²) >= 11 is 0. The molecule has 4 saturated carbocycles. The second-order valence-electron chi connectivity index (χ2n) is 11.4. The monoisotopic (exact) mass is 436 g/mol. The summed E-state index contributed by atoms with van der Waals surface area (Å²) in [5.74, 6) is 0.741. The quantitative estimate of drug-likeness (QED) is 0.248. The highest BCUT2D eigenvalue weighted by molar-refractivity contribution is 5.33. The van der Waals surface area contributed by atoms with Crippen LogP contribution in [0.15, 0.2) is 36.4 Å². The van der Waals surface area contributed by atoms with Crippen molar-refractivity contribution in [3.8, 4) is 0 Å². The highest BCUT2D eigenvalue weighted by Crippen LogP contribution is 2.59. The zero-order valence-electron chi connectivity index (χ0n) is 21.0. The minimum absolute atomic E-state index is 0.488. The molecule has 0 saturated heterocycles. The highest BCUT2D eigenvalue weighted by Gasteiger charge is 2.48. The molecule has 4 aliphatic carbocycles. The molecule has 178 valence electrons. The van der Waals surface area contributed by atoms with E-state index in [4.69, 9.17) is 4.74 Å². The lowest BCUT2D eigenvalue weighted by Crippen LogP contribution is -2.44. The third kappa shape index (κ3) is 5.69. The molecule has 2 bridgehead atoms. The molecular weight excluding hydrogens is 388 g/mol. The van der Waals surface area contributed by atoms with E-state index in [1.807, 2.05) is 0 Å². The van der Waals surface area contributed by atoms with Crippen LogP contribution in [0.3, 0.4) is 0 Å². The Morgan fingerprint density at radius 2 is 1.53 bits per heavy atom. The van der Waals surface area contributed by atoms with Gasteiger partial charge in [0.15, 0.2) is 0 Å². The Bertz CT molecular complexity index is 682. The number of allylic oxidation sites excluding steroid dienone is 1. The Hall–Kier alpha value is -1.08. The first kappa shape index (κ1) is 24.1. The van der Waals surface area contributed by atoms with Gasteiger partial charge in [0.05, 0.1) is 12.7 Å². The van der Waals surface area contributed by atoms with Gasteiger partial charge >= 0.3 is 0 Å². The van der Waals surface area contributed by atoms with Crippen molar-refractivity contribution >= 4 is 0 Å². The molecule has 0 aliphatic heterocycles. The van der Waals surface area contributed by atoms with Crippen molar-refractivity contribution in [2.45, 2.75) is 134 Å². The van der Waals surface area contributed by atoms with Gasteiger partial charge < -0.3 is 4.74 Å². The van der Waals surface area contributed by atoms with Gasteiger partial charge in [-0.25, -0.2) is 0 Å². The van der Waals surface area contributed by atoms with Crippen LogP contribution in [0.25, 0.3) is 0 Å². The number of fused-ring (bicyclic) bond motifs is 3. The maximum atomic E-state index is 6.13. The van der Waals surface area contributed by atoms with Crippen LogP contribution >= 0.6 is 0 Å². The van der Waals surface area contributed by atoms with Crippen LogP contribution in [0.2, 0.25) is 0 Å². The van der Waals surface area contributed by atoms with Crippen molar-refractivity contribution in [2.24, 2.45) is 5.41 Å². The van der Waals surface area contributed by atoms with Gasteiger partial charge in [0.2, 0.25) is 0 Å². The Kier molecular flexibility index (Phi) is 8.55. The van der Waals surface area contributed by atoms with Crippen molar-refractivity contribution in [3.05, 3.63) is 47.5 Å². The Balaban J connectivity index is 1.25. The first-order chi connectivity index (χ1) is 15.7. The third-order valence-corrected chi connectivity index (χ3v) is 9.42. The van der Waals surface area contributed by atoms with E-state index in [1.54, 1.807) is 11.1 Å². The van der Waals surface area contributed by atoms with E-state index >= 15 is 0 Å². The maximum absolute atomic E-state index is 6.13. The van der Waals surface area contributed by atoms with E-state index in [2.05, 4.69) is 50.3 Å². The molecule has 4 fully saturated rings. The molecule has 1 nitrogen and oxygen atoms in total. The van der Waals surface area contributed by atoms with Gasteiger partial charge in [0.1, 0.15) is 0 Å². The number of ether oxygens (including phenoxy) is 1. The van der Waals surface area contributed by atoms with Crippen molar-refractivity contribution in [3.63, 3.8) is 0 Å². The third-order valence-electron chi connectivity index (χ3n) is 9.42. The highest BCUT2D eigenvalue weighted by atomic mass is 16.5. The molecule has 32 heavy (non-hydrogen) atoms. The van der Waals surface area contributed by atoms with Crippen molar-refractivity contribution in [1.82, 2.24) is 0 Å². The maximum Gasteiger partial charge on any atom is 0.0575 e. The molecule has 0 spiro atoms. The van der Waals surface area contributed by atoms with Gasteiger partial charge in [-0.05, 0) is 111 Å². The Morgan fingerprint density at radius 3 is 2.16 bits per heavy atom. The summed E-state index contributed by atoms with van der Waals surface area (Å²) in [7, 11) is 0. The van der Waals surface area contributed by atoms with Crippen LogP contribution in [0, 0.1) is 5.41 Å². The van der Waals surface area contributed by atoms with Crippen molar-refractivity contribution in [2.75, 3.05) is 6.61 Å². The lowest BCUT2D eigenvalue weighted by Gasteiger charge is -2.54. The number of unbranched alkanes of at least 4 members (excludes halogenated alkanes) is 2. The molecule has 4 aliphatic rings. The van der Waals surface area contributed by atoms with Crippen LogP contribution in [0.4, 0.5) is 0 Å². The fourth-order valence-electron chi connectivity index (χ4n) is 7.08. The van der Waals surface area contributed by atoms with Crippen LogP contribution in [0.5, 0.6) is 0 Å². The van der Waals surface area contributed by atoms with E-state index in [-0.39, 0.29) is 0 Å². The molecule has 1 heteroatoms. The van der Waals surface area contributed by atoms with Crippen LogP contribution in [-0.4, -0.2) is 12.7 Å². The predicted octanol–water partition coefficient (Wildman–Crippen LogP) is 9.26. The molecular formula is C31H48O. The minimum atomic E-state index is 0.488. The van der Waals surface area contributed by atoms with E-state index in [1.165, 1.54) is 89.9 Å². The zero-order valence-corrected chi connectivity index (χ0v) is 21.0. The van der Waals surface area contributed by atoms with E-state index in [9.17, 15) is 0 Å². The summed E-state index contributed by atoms with van der Waals surface area (Å²) in [6.07, 6.45) is 26.7. The smallest absolute Gasteiger partial charge is 0.0575 e. The van der Waals surface area contributed by atoms with Crippen molar-refractivity contribution in [1.29, 1.82) is 0 Å². The fraction of sp³-hybridized carbons (Fsp3) is 0.742. The first-order valence-corrected chi connectivity index (χ1v) is 14.1. The topological polar surface area (TPSA) is 9.23 Å². The van der Waals surface area contributed by atoms with Gasteiger partial charge in [-0.2, -0.15) is 0 Å². The minimum Gasteiger partial charge on any atom is -0.378 e. The summed E-state index contributed by atoms with van der Waals surface area (Å²) in [5, 5.41) is 0. The van der Waals surface area contributed by atoms with Crippen molar-refractivity contribution < 1.29 is 4.74 Å². The van der Waals surface area contributed by atoms with Gasteiger partial charge in [-0.1, -0.05) is 69.5 Å². The molecule has 0 unspecified atom stereocenters. The molecule has 0 amide bonds. The normalized spacial score (nSPS) is 32.6. The Morgan fingerprint density at radius 1 is 0.844 bits per heavy atom. The molecule has 0 N–H and O–H groups in total. The summed E-state index contributed by atoms with van der Waals surface area (Å²) in [5.41, 5.74) is 4.45. The van der Waals surface area contributed by atoms with Gasteiger partial charge in [-0.3, -0.25) is 0 Å². The van der Waals surface area contributed by atoms with Crippen LogP contribution < -0.4 is 0 Å². The van der Waals surface area contributed by atoms with Crippen LogP contribution in [-0.2, 0) is 10.2 Å². The largest absolute Gasteiger partial charge is 0.378 e. The predicted molar refractivity (Wildman–Crippen MR) is 137 cm³/mol. The zero-order chi connectivity index (χ0) is 22.3. The van der Waals surface area contributed by atoms with Crippen LogP contribution in [0.1, 0.15) is 134 Å². The lowest BCUT2D eigenvalue weighted by molar-refractivity contribution is 0.0273. The summed E-state index contributed by atoms with van der Waals surface area (Å²) in [4.78, 5) is 0. The van der Waals surface area contributed by atoms with Gasteiger partial charge in [0.25, 0.3) is 0 Å². The second-order valence-corrected chi connectivity index (χ2v) is 11.4. The Labute approximate surface area is 198 Å². The van der Waals surface area contributed by atoms with Gasteiger partial charge in [-0.15, -0.1) is 0 Å². The number of rotatable bonds is 11. The summed E-state index contributed by atoms with van der Waals surface area (Å²) < 4.78 is 6.13. The molecule has 1 aromatic carbocycles. The van der Waals surface area contributed by atoms with E-state index < -0.39 is 0 Å². The number of hydrogen-bond donors (Lipinski definition) is 0. The average Bonchev–Trinajstić information content (AvgIpc) is 2.86. The average molecular weight is 437 g/mol. The van der Waals surface area contributed by atoms with E-state index in [0.29, 0.717) is 16.9 Å². The molecule has 0 heterocycles. The standard InChI is InChI=1S/C31H48O/c1-3-5-7-9-25-32-29-16-12-27(13-17-29)26-10-14-28(15-11-26)31-22-19-30(20-23-31,21-24-31)18-8-6-4-2/h5,7,10-11,14-15,27,29H,3-4,6,8-9,12-13,16-25H2,1-2H3/b7-5-. The molecule has 0 aromatic heterocycles. The molecule has 5 rings (SSSR count). The number of hydrogen-bond acceptors (Lipinski definition) is 1. The fourth-order valence-corrected chi connectivity index (χ4v) is 7.08. The van der Waals surface area contributed by atoms with Gasteiger partial charge in [0, 0.05) is 0 Å².